The number of nitrogens with one attached hydrogen (secondary N) is 1. The first-order valence-corrected chi connectivity index (χ1v) is 9.11. The van der Waals surface area contributed by atoms with Crippen molar-refractivity contribution in [2.24, 2.45) is 0 Å². The lowest BCUT2D eigenvalue weighted by Crippen LogP contribution is -2.25. The van der Waals surface area contributed by atoms with Crippen LogP contribution in [0.2, 0.25) is 0 Å². The van der Waals surface area contributed by atoms with Crippen LogP contribution >= 0.6 is 0 Å². The van der Waals surface area contributed by atoms with Gasteiger partial charge in [0.25, 0.3) is 0 Å². The highest BCUT2D eigenvalue weighted by Crippen LogP contribution is 2.31. The summed E-state index contributed by atoms with van der Waals surface area (Å²) in [6.07, 6.45) is 0.317. The van der Waals surface area contributed by atoms with Crippen LogP contribution in [0.15, 0.2) is 48.5 Å². The van der Waals surface area contributed by atoms with Crippen LogP contribution in [0.4, 0.5) is 11.4 Å². The topological polar surface area (TPSA) is 66.5 Å². The molecule has 0 atom stereocenters. The number of rotatable bonds is 5. The van der Waals surface area contributed by atoms with E-state index in [-0.39, 0.29) is 11.7 Å². The number of anilines is 2. The molecule has 120 valence electrons. The summed E-state index contributed by atoms with van der Waals surface area (Å²) in [5.41, 5.74) is 2.94. The molecule has 0 spiro atoms. The maximum atomic E-state index is 12.3. The second kappa shape index (κ2) is 6.04. The first-order chi connectivity index (χ1) is 11.0. The van der Waals surface area contributed by atoms with E-state index in [0.29, 0.717) is 18.7 Å². The minimum Gasteiger partial charge on any atom is -0.312 e. The van der Waals surface area contributed by atoms with Crippen LogP contribution in [-0.4, -0.2) is 20.9 Å². The Balaban J connectivity index is 1.79. The maximum Gasteiger partial charge on any atom is 0.236 e. The van der Waals surface area contributed by atoms with Gasteiger partial charge in [0.2, 0.25) is 15.9 Å². The van der Waals surface area contributed by atoms with Gasteiger partial charge in [-0.25, -0.2) is 8.42 Å². The fourth-order valence-electron chi connectivity index (χ4n) is 2.80. The number of hydrogen-bond acceptors (Lipinski definition) is 3. The molecule has 0 aromatic heterocycles. The minimum absolute atomic E-state index is 0.0480. The summed E-state index contributed by atoms with van der Waals surface area (Å²) >= 11 is 0. The van der Waals surface area contributed by atoms with Gasteiger partial charge in [0, 0.05) is 17.9 Å². The molecule has 2 aromatic carbocycles. The summed E-state index contributed by atoms with van der Waals surface area (Å²) in [6.45, 7) is 2.54. The van der Waals surface area contributed by atoms with E-state index in [2.05, 4.69) is 4.72 Å². The first-order valence-electron chi connectivity index (χ1n) is 7.46. The molecule has 0 saturated heterocycles. The van der Waals surface area contributed by atoms with Crippen molar-refractivity contribution in [3.63, 3.8) is 0 Å². The lowest BCUT2D eigenvalue weighted by molar-refractivity contribution is -0.117. The monoisotopic (exact) mass is 330 g/mol. The number of amides is 1. The van der Waals surface area contributed by atoms with Crippen LogP contribution in [0.1, 0.15) is 18.1 Å². The molecule has 0 bridgehead atoms. The molecule has 1 heterocycles. The van der Waals surface area contributed by atoms with E-state index in [0.717, 1.165) is 16.8 Å². The number of likely N-dealkylation sites (N-methyl/N-ethyl adjacent to an activating group) is 1. The molecule has 0 radical (unpaired) electrons. The quantitative estimate of drug-likeness (QED) is 0.916. The Bertz CT molecular complexity index is 832. The lowest BCUT2D eigenvalue weighted by atomic mass is 10.1. The van der Waals surface area contributed by atoms with E-state index in [9.17, 15) is 13.2 Å². The second-order valence-corrected chi connectivity index (χ2v) is 7.23. The van der Waals surface area contributed by atoms with E-state index < -0.39 is 10.0 Å². The predicted molar refractivity (Wildman–Crippen MR) is 90.9 cm³/mol. The van der Waals surface area contributed by atoms with Crippen molar-refractivity contribution in [1.29, 1.82) is 0 Å². The SMILES string of the molecule is CCN1C(=O)Cc2cc(NS(=O)(=O)Cc3ccccc3)ccc21. The van der Waals surface area contributed by atoms with Crippen molar-refractivity contribution in [3.05, 3.63) is 59.7 Å². The van der Waals surface area contributed by atoms with Crippen molar-refractivity contribution >= 4 is 27.3 Å². The summed E-state index contributed by atoms with van der Waals surface area (Å²) in [6, 6.07) is 14.3. The van der Waals surface area contributed by atoms with Crippen LogP contribution in [-0.2, 0) is 27.0 Å². The van der Waals surface area contributed by atoms with Gasteiger partial charge in [-0.3, -0.25) is 9.52 Å². The minimum atomic E-state index is -3.49. The largest absolute Gasteiger partial charge is 0.312 e. The fourth-order valence-corrected chi connectivity index (χ4v) is 3.99. The predicted octanol–water partition coefficient (Wildman–Crippen LogP) is 2.54. The third-order valence-corrected chi connectivity index (χ3v) is 5.06. The molecule has 0 fully saturated rings. The number of benzene rings is 2. The van der Waals surface area contributed by atoms with Crippen LogP contribution in [0.25, 0.3) is 0 Å². The number of carbonyl (C=O) groups is 1. The number of fused-ring (bicyclic) bond motifs is 1. The smallest absolute Gasteiger partial charge is 0.236 e. The molecule has 5 nitrogen and oxygen atoms in total. The highest BCUT2D eigenvalue weighted by Gasteiger charge is 2.26. The summed E-state index contributed by atoms with van der Waals surface area (Å²) in [7, 11) is -3.49. The molecule has 2 aromatic rings. The van der Waals surface area contributed by atoms with Crippen LogP contribution < -0.4 is 9.62 Å². The van der Waals surface area contributed by atoms with Gasteiger partial charge in [0.05, 0.1) is 12.2 Å². The molecule has 1 amide bonds. The Labute approximate surface area is 136 Å². The Hall–Kier alpha value is -2.34. The van der Waals surface area contributed by atoms with E-state index in [1.807, 2.05) is 25.1 Å². The average Bonchev–Trinajstić information content (AvgIpc) is 2.81. The summed E-state index contributed by atoms with van der Waals surface area (Å²) in [5.74, 6) is -0.0305. The van der Waals surface area contributed by atoms with E-state index in [4.69, 9.17) is 0 Å². The number of hydrogen-bond donors (Lipinski definition) is 1. The second-order valence-electron chi connectivity index (χ2n) is 5.51. The molecule has 0 saturated carbocycles. The van der Waals surface area contributed by atoms with Crippen molar-refractivity contribution in [1.82, 2.24) is 0 Å². The van der Waals surface area contributed by atoms with Gasteiger partial charge in [0.15, 0.2) is 0 Å². The summed E-state index contributed by atoms with van der Waals surface area (Å²) in [4.78, 5) is 13.6. The maximum absolute atomic E-state index is 12.3. The Morgan fingerprint density at radius 3 is 2.57 bits per heavy atom. The van der Waals surface area contributed by atoms with Gasteiger partial charge >= 0.3 is 0 Å². The molecule has 23 heavy (non-hydrogen) atoms. The molecule has 6 heteroatoms. The zero-order chi connectivity index (χ0) is 16.4. The zero-order valence-electron chi connectivity index (χ0n) is 12.8. The van der Waals surface area contributed by atoms with Crippen molar-refractivity contribution in [2.75, 3.05) is 16.2 Å². The lowest BCUT2D eigenvalue weighted by Gasteiger charge is -2.15. The fraction of sp³-hybridized carbons (Fsp3) is 0.235. The van der Waals surface area contributed by atoms with E-state index >= 15 is 0 Å². The summed E-state index contributed by atoms with van der Waals surface area (Å²) in [5, 5.41) is 0. The van der Waals surface area contributed by atoms with Crippen LogP contribution in [0.5, 0.6) is 0 Å². The van der Waals surface area contributed by atoms with E-state index in [1.165, 1.54) is 0 Å². The number of sulfonamides is 1. The highest BCUT2D eigenvalue weighted by molar-refractivity contribution is 7.91. The summed E-state index contributed by atoms with van der Waals surface area (Å²) < 4.78 is 27.1. The average molecular weight is 330 g/mol. The molecular formula is C17H18N2O3S. The first kappa shape index (κ1) is 15.6. The molecule has 1 N–H and O–H groups in total. The van der Waals surface area contributed by atoms with Gasteiger partial charge in [-0.05, 0) is 36.2 Å². The molecule has 0 unspecified atom stereocenters. The van der Waals surface area contributed by atoms with E-state index in [1.54, 1.807) is 35.2 Å². The van der Waals surface area contributed by atoms with Gasteiger partial charge < -0.3 is 4.90 Å². The highest BCUT2D eigenvalue weighted by atomic mass is 32.2. The Morgan fingerprint density at radius 1 is 1.13 bits per heavy atom. The third-order valence-electron chi connectivity index (χ3n) is 3.80. The van der Waals surface area contributed by atoms with Gasteiger partial charge in [-0.15, -0.1) is 0 Å². The molecule has 1 aliphatic rings. The van der Waals surface area contributed by atoms with Crippen molar-refractivity contribution in [2.45, 2.75) is 19.1 Å². The molecule has 1 aliphatic heterocycles. The third kappa shape index (κ3) is 3.37. The standard InChI is InChI=1S/C17H18N2O3S/c1-2-19-16-9-8-15(10-14(16)11-17(19)20)18-23(21,22)12-13-6-4-3-5-7-13/h3-10,18H,2,11-12H2,1H3. The van der Waals surface area contributed by atoms with Gasteiger partial charge in [0.1, 0.15) is 0 Å². The molecule has 0 aliphatic carbocycles. The normalized spacial score (nSPS) is 14.0. The molecular weight excluding hydrogens is 312 g/mol. The van der Waals surface area contributed by atoms with Gasteiger partial charge in [-0.2, -0.15) is 0 Å². The van der Waals surface area contributed by atoms with Crippen LogP contribution in [0, 0.1) is 0 Å². The van der Waals surface area contributed by atoms with Gasteiger partial charge in [-0.1, -0.05) is 30.3 Å². The zero-order valence-corrected chi connectivity index (χ0v) is 13.6. The number of nitrogens with zero attached hydrogens (tertiary/aromatic N) is 1. The Morgan fingerprint density at radius 2 is 1.87 bits per heavy atom. The number of carbonyl (C=O) groups excluding carboxylic acids is 1. The van der Waals surface area contributed by atoms with Crippen molar-refractivity contribution < 1.29 is 13.2 Å². The van der Waals surface area contributed by atoms with Crippen LogP contribution in [0.3, 0.4) is 0 Å². The Kier molecular flexibility index (Phi) is 4.09. The van der Waals surface area contributed by atoms with Crippen molar-refractivity contribution in [3.8, 4) is 0 Å². The molecule has 3 rings (SSSR count).